The van der Waals surface area contributed by atoms with Gasteiger partial charge in [-0.1, -0.05) is 60.1 Å². The minimum absolute atomic E-state index is 0.0581. The zero-order chi connectivity index (χ0) is 20.7. The van der Waals surface area contributed by atoms with Crippen molar-refractivity contribution < 1.29 is 9.21 Å². The van der Waals surface area contributed by atoms with Crippen molar-refractivity contribution in [3.63, 3.8) is 0 Å². The van der Waals surface area contributed by atoms with E-state index >= 15 is 0 Å². The largest absolute Gasteiger partial charge is 0.457 e. The highest BCUT2D eigenvalue weighted by Crippen LogP contribution is 2.33. The number of aliphatic imine (C=N–C) groups is 1. The van der Waals surface area contributed by atoms with Gasteiger partial charge in [0.1, 0.15) is 16.6 Å². The van der Waals surface area contributed by atoms with E-state index < -0.39 is 5.91 Å². The molecule has 1 N–H and O–H groups in total. The summed E-state index contributed by atoms with van der Waals surface area (Å²) in [5.41, 5.74) is 1.76. The second-order valence-corrected chi connectivity index (χ2v) is 7.84. The summed E-state index contributed by atoms with van der Waals surface area (Å²) in [4.78, 5) is 16.7. The third-order valence-corrected chi connectivity index (χ3v) is 5.80. The van der Waals surface area contributed by atoms with Gasteiger partial charge in [0.15, 0.2) is 5.84 Å². The first-order valence-electron chi connectivity index (χ1n) is 9.00. The molecule has 0 saturated carbocycles. The van der Waals surface area contributed by atoms with E-state index in [-0.39, 0.29) is 11.4 Å². The van der Waals surface area contributed by atoms with Crippen LogP contribution in [0.1, 0.15) is 11.3 Å². The van der Waals surface area contributed by atoms with Crippen molar-refractivity contribution in [2.45, 2.75) is 0 Å². The molecule has 0 fully saturated rings. The first kappa shape index (κ1) is 18.6. The molecule has 3 aromatic rings. The summed E-state index contributed by atoms with van der Waals surface area (Å²) in [6.07, 6.45) is 1.52. The van der Waals surface area contributed by atoms with Gasteiger partial charge in [-0.3, -0.25) is 10.2 Å². The van der Waals surface area contributed by atoms with Gasteiger partial charge in [0, 0.05) is 11.1 Å². The molecule has 3 heterocycles. The number of carbonyl (C=O) groups excluding carboxylic acids is 1. The second-order valence-electron chi connectivity index (χ2n) is 6.47. The van der Waals surface area contributed by atoms with Crippen LogP contribution in [0.25, 0.3) is 17.4 Å². The summed E-state index contributed by atoms with van der Waals surface area (Å²) < 4.78 is 5.84. The molecule has 1 aromatic heterocycles. The van der Waals surface area contributed by atoms with Crippen LogP contribution in [0, 0.1) is 5.41 Å². The predicted octanol–water partition coefficient (Wildman–Crippen LogP) is 5.27. The molecular weight excluding hydrogens is 420 g/mol. The number of thioether (sulfide) groups is 1. The Kier molecular flexibility index (Phi) is 4.61. The van der Waals surface area contributed by atoms with E-state index in [1.807, 2.05) is 54.6 Å². The molecule has 0 spiro atoms. The number of amidine groups is 2. The molecule has 1 amide bonds. The van der Waals surface area contributed by atoms with Crippen molar-refractivity contribution in [3.8, 4) is 11.3 Å². The number of rotatable bonds is 3. The van der Waals surface area contributed by atoms with Crippen LogP contribution in [0.15, 0.2) is 86.8 Å². The first-order valence-corrected chi connectivity index (χ1v) is 10.2. The molecule has 0 radical (unpaired) electrons. The van der Waals surface area contributed by atoms with Gasteiger partial charge in [0.05, 0.1) is 10.6 Å². The molecule has 0 unspecified atom stereocenters. The number of carbonyl (C=O) groups is 1. The van der Waals surface area contributed by atoms with Crippen molar-refractivity contribution >= 4 is 51.4 Å². The summed E-state index contributed by atoms with van der Waals surface area (Å²) in [5, 5.41) is 15.8. The zero-order valence-corrected chi connectivity index (χ0v) is 16.9. The highest BCUT2D eigenvalue weighted by Gasteiger charge is 2.36. The molecule has 0 bridgehead atoms. The van der Waals surface area contributed by atoms with Crippen LogP contribution in [0.3, 0.4) is 0 Å². The number of hydrazone groups is 1. The number of amides is 1. The van der Waals surface area contributed by atoms with E-state index in [4.69, 9.17) is 21.4 Å². The lowest BCUT2D eigenvalue weighted by molar-refractivity contribution is -0.114. The van der Waals surface area contributed by atoms with E-state index in [0.29, 0.717) is 26.8 Å². The Morgan fingerprint density at radius 1 is 1.03 bits per heavy atom. The van der Waals surface area contributed by atoms with E-state index in [1.165, 1.54) is 22.8 Å². The fourth-order valence-corrected chi connectivity index (χ4v) is 4.28. The van der Waals surface area contributed by atoms with E-state index in [9.17, 15) is 4.79 Å². The molecule has 8 heteroatoms. The summed E-state index contributed by atoms with van der Waals surface area (Å²) in [5.74, 6) is 0.573. The van der Waals surface area contributed by atoms with Crippen LogP contribution < -0.4 is 0 Å². The number of fused-ring (bicyclic) bond motifs is 1. The number of nitrogens with one attached hydrogen (secondary N) is 1. The monoisotopic (exact) mass is 432 g/mol. The Balaban J connectivity index is 1.46. The first-order chi connectivity index (χ1) is 14.6. The van der Waals surface area contributed by atoms with Crippen molar-refractivity contribution in [2.75, 3.05) is 0 Å². The van der Waals surface area contributed by atoms with Gasteiger partial charge < -0.3 is 4.42 Å². The van der Waals surface area contributed by atoms with Gasteiger partial charge in [-0.2, -0.15) is 15.1 Å². The van der Waals surface area contributed by atoms with Gasteiger partial charge in [-0.05, 0) is 36.0 Å². The van der Waals surface area contributed by atoms with Crippen molar-refractivity contribution in [3.05, 3.63) is 88.6 Å². The van der Waals surface area contributed by atoms with Gasteiger partial charge in [0.25, 0.3) is 5.91 Å². The van der Waals surface area contributed by atoms with Crippen molar-refractivity contribution in [1.82, 2.24) is 5.01 Å². The van der Waals surface area contributed by atoms with E-state index in [2.05, 4.69) is 10.1 Å². The molecular formula is C22H13ClN4O2S. The maximum Gasteiger partial charge on any atom is 0.283 e. The van der Waals surface area contributed by atoms with Crippen LogP contribution in [-0.4, -0.2) is 27.0 Å². The molecule has 0 atom stereocenters. The smallest absolute Gasteiger partial charge is 0.283 e. The van der Waals surface area contributed by atoms with Gasteiger partial charge in [-0.15, -0.1) is 0 Å². The van der Waals surface area contributed by atoms with Crippen LogP contribution >= 0.6 is 23.4 Å². The molecule has 146 valence electrons. The quantitative estimate of drug-likeness (QED) is 0.572. The number of hydrogen-bond donors (Lipinski definition) is 1. The SMILES string of the molecule is N=C1/C(=C/c2ccc(-c3ccccc3)o2)C(=O)N=C2SC(c3ccccc3Cl)=NN12. The van der Waals surface area contributed by atoms with Crippen LogP contribution in [0.2, 0.25) is 5.02 Å². The zero-order valence-electron chi connectivity index (χ0n) is 15.4. The van der Waals surface area contributed by atoms with Gasteiger partial charge in [-0.25, -0.2) is 0 Å². The van der Waals surface area contributed by atoms with Crippen LogP contribution in [0.5, 0.6) is 0 Å². The summed E-state index contributed by atoms with van der Waals surface area (Å²) in [6.45, 7) is 0. The molecule has 30 heavy (non-hydrogen) atoms. The molecule has 2 aliphatic rings. The lowest BCUT2D eigenvalue weighted by atomic mass is 10.1. The van der Waals surface area contributed by atoms with Crippen LogP contribution in [0.4, 0.5) is 0 Å². The van der Waals surface area contributed by atoms with Crippen molar-refractivity contribution in [1.29, 1.82) is 5.41 Å². The number of benzene rings is 2. The summed E-state index contributed by atoms with van der Waals surface area (Å²) in [6, 6.07) is 20.5. The standard InChI is InChI=1S/C22H13ClN4O2S/c23-17-9-5-4-8-15(17)21-26-27-19(24)16(20(28)25-22(27)30-21)12-14-10-11-18(29-14)13-6-2-1-3-7-13/h1-12,24H/b16-12-,24-19?. The Morgan fingerprint density at radius 3 is 2.60 bits per heavy atom. The maximum atomic E-state index is 12.6. The Labute approximate surface area is 181 Å². The Bertz CT molecular complexity index is 1280. The normalized spacial score (nSPS) is 17.2. The van der Waals surface area contributed by atoms with Crippen LogP contribution in [-0.2, 0) is 4.79 Å². The van der Waals surface area contributed by atoms with E-state index in [0.717, 1.165) is 11.1 Å². The number of halogens is 1. The Hall–Kier alpha value is -3.42. The lowest BCUT2D eigenvalue weighted by Gasteiger charge is -2.19. The third-order valence-electron chi connectivity index (χ3n) is 4.53. The van der Waals surface area contributed by atoms with Crippen molar-refractivity contribution in [2.24, 2.45) is 10.1 Å². The number of hydrogen-bond acceptors (Lipinski definition) is 5. The number of furan rings is 1. The topological polar surface area (TPSA) is 82.0 Å². The summed E-state index contributed by atoms with van der Waals surface area (Å²) >= 11 is 7.47. The number of nitrogens with zero attached hydrogens (tertiary/aromatic N) is 3. The highest BCUT2D eigenvalue weighted by atomic mass is 35.5. The Morgan fingerprint density at radius 2 is 1.80 bits per heavy atom. The predicted molar refractivity (Wildman–Crippen MR) is 120 cm³/mol. The molecule has 2 aliphatic heterocycles. The highest BCUT2D eigenvalue weighted by molar-refractivity contribution is 8.27. The molecule has 0 saturated heterocycles. The van der Waals surface area contributed by atoms with E-state index in [1.54, 1.807) is 12.1 Å². The minimum Gasteiger partial charge on any atom is -0.457 e. The maximum absolute atomic E-state index is 12.6. The second kappa shape index (κ2) is 7.44. The molecule has 0 aliphatic carbocycles. The fraction of sp³-hybridized carbons (Fsp3) is 0. The molecule has 5 rings (SSSR count). The molecule has 6 nitrogen and oxygen atoms in total. The fourth-order valence-electron chi connectivity index (χ4n) is 3.07. The third kappa shape index (κ3) is 3.28. The lowest BCUT2D eigenvalue weighted by Crippen LogP contribution is -2.35. The summed E-state index contributed by atoms with van der Waals surface area (Å²) in [7, 11) is 0. The van der Waals surface area contributed by atoms with Gasteiger partial charge >= 0.3 is 0 Å². The average Bonchev–Trinajstić information content (AvgIpc) is 3.39. The minimum atomic E-state index is -0.507. The average molecular weight is 433 g/mol. The van der Waals surface area contributed by atoms with Gasteiger partial charge in [0.2, 0.25) is 5.17 Å². The molecule has 2 aromatic carbocycles.